The SMILES string of the molecule is COCCNS(=O)(=O)c1ccc(NC(=O)c2cc(Cl)ncn2)c(CN)c1. The van der Waals surface area contributed by atoms with Crippen LogP contribution in [0.3, 0.4) is 0 Å². The summed E-state index contributed by atoms with van der Waals surface area (Å²) in [6.07, 6.45) is 1.17. The second-order valence-electron chi connectivity index (χ2n) is 5.09. The number of nitrogens with zero attached hydrogens (tertiary/aromatic N) is 2. The third-order valence-corrected chi connectivity index (χ3v) is 4.99. The number of halogens is 1. The summed E-state index contributed by atoms with van der Waals surface area (Å²) < 4.78 is 31.7. The molecule has 2 aromatic rings. The van der Waals surface area contributed by atoms with Crippen molar-refractivity contribution < 1.29 is 17.9 Å². The molecule has 26 heavy (non-hydrogen) atoms. The van der Waals surface area contributed by atoms with E-state index in [0.717, 1.165) is 0 Å². The van der Waals surface area contributed by atoms with Crippen LogP contribution in [-0.2, 0) is 21.3 Å². The average molecular weight is 400 g/mol. The van der Waals surface area contributed by atoms with E-state index >= 15 is 0 Å². The Morgan fingerprint density at radius 1 is 1.31 bits per heavy atom. The van der Waals surface area contributed by atoms with Gasteiger partial charge in [-0.15, -0.1) is 0 Å². The number of nitrogens with one attached hydrogen (secondary N) is 2. The van der Waals surface area contributed by atoms with Gasteiger partial charge in [0.1, 0.15) is 17.2 Å². The van der Waals surface area contributed by atoms with Gasteiger partial charge in [-0.2, -0.15) is 0 Å². The number of aromatic nitrogens is 2. The van der Waals surface area contributed by atoms with E-state index in [4.69, 9.17) is 22.1 Å². The van der Waals surface area contributed by atoms with Crippen molar-refractivity contribution in [3.05, 3.63) is 47.0 Å². The van der Waals surface area contributed by atoms with E-state index < -0.39 is 15.9 Å². The van der Waals surface area contributed by atoms with E-state index in [-0.39, 0.29) is 35.4 Å². The fourth-order valence-corrected chi connectivity index (χ4v) is 3.24. The molecule has 0 aliphatic carbocycles. The number of methoxy groups -OCH3 is 1. The van der Waals surface area contributed by atoms with Crippen LogP contribution in [0, 0.1) is 0 Å². The first-order valence-electron chi connectivity index (χ1n) is 7.48. The first kappa shape index (κ1) is 20.2. The summed E-state index contributed by atoms with van der Waals surface area (Å²) in [6.45, 7) is 0.421. The van der Waals surface area contributed by atoms with Gasteiger partial charge in [-0.1, -0.05) is 11.6 Å². The molecule has 0 aliphatic rings. The summed E-state index contributed by atoms with van der Waals surface area (Å²) in [7, 11) is -2.23. The van der Waals surface area contributed by atoms with Crippen molar-refractivity contribution in [2.45, 2.75) is 11.4 Å². The highest BCUT2D eigenvalue weighted by Crippen LogP contribution is 2.21. The minimum absolute atomic E-state index is 0.0293. The Labute approximate surface area is 156 Å². The molecule has 9 nitrogen and oxygen atoms in total. The Hall–Kier alpha value is -2.11. The monoisotopic (exact) mass is 399 g/mol. The molecule has 0 bridgehead atoms. The lowest BCUT2D eigenvalue weighted by atomic mass is 10.1. The quantitative estimate of drug-likeness (QED) is 0.440. The van der Waals surface area contributed by atoms with Crippen LogP contribution >= 0.6 is 11.6 Å². The van der Waals surface area contributed by atoms with Crippen LogP contribution in [-0.4, -0.2) is 44.6 Å². The molecule has 0 fully saturated rings. The van der Waals surface area contributed by atoms with E-state index in [1.165, 1.54) is 37.7 Å². The topological polar surface area (TPSA) is 136 Å². The fraction of sp³-hybridized carbons (Fsp3) is 0.267. The molecule has 0 unspecified atom stereocenters. The van der Waals surface area contributed by atoms with E-state index in [1.807, 2.05) is 0 Å². The maximum Gasteiger partial charge on any atom is 0.274 e. The summed E-state index contributed by atoms with van der Waals surface area (Å²) in [5.74, 6) is -0.516. The van der Waals surface area contributed by atoms with Gasteiger partial charge in [0.15, 0.2) is 0 Å². The second kappa shape index (κ2) is 9.01. The molecule has 0 radical (unpaired) electrons. The van der Waals surface area contributed by atoms with Gasteiger partial charge in [0.25, 0.3) is 5.91 Å². The highest BCUT2D eigenvalue weighted by atomic mass is 35.5. The molecule has 1 aromatic heterocycles. The number of anilines is 1. The fourth-order valence-electron chi connectivity index (χ4n) is 2.03. The van der Waals surface area contributed by atoms with Gasteiger partial charge in [0.2, 0.25) is 10.0 Å². The first-order chi connectivity index (χ1) is 12.4. The van der Waals surface area contributed by atoms with E-state index in [0.29, 0.717) is 11.3 Å². The van der Waals surface area contributed by atoms with E-state index in [1.54, 1.807) is 0 Å². The molecule has 4 N–H and O–H groups in total. The van der Waals surface area contributed by atoms with Crippen molar-refractivity contribution in [1.82, 2.24) is 14.7 Å². The molecular weight excluding hydrogens is 382 g/mol. The molecule has 0 saturated heterocycles. The Balaban J connectivity index is 2.22. The minimum atomic E-state index is -3.70. The number of ether oxygens (including phenoxy) is 1. The standard InChI is InChI=1S/C15H18ClN5O4S/c1-25-5-4-20-26(23,24)11-2-3-12(10(6-11)8-17)21-15(22)13-7-14(16)19-9-18-13/h2-3,6-7,9,20H,4-5,8,17H2,1H3,(H,21,22). The maximum atomic E-state index is 12.2. The number of carbonyl (C=O) groups excluding carboxylic acids is 1. The number of carbonyl (C=O) groups is 1. The Kier molecular flexibility index (Phi) is 7.00. The van der Waals surface area contributed by atoms with Crippen LogP contribution in [0.4, 0.5) is 5.69 Å². The van der Waals surface area contributed by atoms with E-state index in [2.05, 4.69) is 20.0 Å². The number of benzene rings is 1. The van der Waals surface area contributed by atoms with Crippen molar-refractivity contribution in [2.24, 2.45) is 5.73 Å². The number of hydrogen-bond acceptors (Lipinski definition) is 7. The highest BCUT2D eigenvalue weighted by Gasteiger charge is 2.17. The molecule has 0 spiro atoms. The van der Waals surface area contributed by atoms with Crippen molar-refractivity contribution in [1.29, 1.82) is 0 Å². The molecular formula is C15H18ClN5O4S. The Morgan fingerprint density at radius 2 is 2.08 bits per heavy atom. The second-order valence-corrected chi connectivity index (χ2v) is 7.25. The van der Waals surface area contributed by atoms with Crippen molar-refractivity contribution in [3.8, 4) is 0 Å². The van der Waals surface area contributed by atoms with Crippen molar-refractivity contribution >= 4 is 33.2 Å². The Morgan fingerprint density at radius 3 is 2.73 bits per heavy atom. The van der Waals surface area contributed by atoms with Gasteiger partial charge in [-0.25, -0.2) is 23.1 Å². The van der Waals surface area contributed by atoms with Crippen molar-refractivity contribution in [3.63, 3.8) is 0 Å². The molecule has 1 aromatic carbocycles. The molecule has 11 heteroatoms. The van der Waals surface area contributed by atoms with Crippen LogP contribution in [0.15, 0.2) is 35.5 Å². The third-order valence-electron chi connectivity index (χ3n) is 3.32. The zero-order chi connectivity index (χ0) is 19.2. The number of rotatable bonds is 8. The normalized spacial score (nSPS) is 11.3. The molecule has 0 atom stereocenters. The average Bonchev–Trinajstić information content (AvgIpc) is 2.62. The zero-order valence-corrected chi connectivity index (χ0v) is 15.5. The van der Waals surface area contributed by atoms with Gasteiger partial charge in [-0.05, 0) is 23.8 Å². The maximum absolute atomic E-state index is 12.2. The summed E-state index contributed by atoms with van der Waals surface area (Å²) in [4.78, 5) is 19.8. The van der Waals surface area contributed by atoms with Gasteiger partial charge in [0, 0.05) is 32.0 Å². The van der Waals surface area contributed by atoms with Gasteiger partial charge >= 0.3 is 0 Å². The van der Waals surface area contributed by atoms with Crippen LogP contribution in [0.5, 0.6) is 0 Å². The van der Waals surface area contributed by atoms with E-state index in [9.17, 15) is 13.2 Å². The van der Waals surface area contributed by atoms with Gasteiger partial charge in [0.05, 0.1) is 11.5 Å². The summed E-state index contributed by atoms with van der Waals surface area (Å²) in [5, 5.41) is 2.77. The molecule has 0 aliphatic heterocycles. The lowest BCUT2D eigenvalue weighted by Gasteiger charge is -2.12. The molecule has 1 heterocycles. The van der Waals surface area contributed by atoms with Crippen LogP contribution < -0.4 is 15.8 Å². The lowest BCUT2D eigenvalue weighted by Crippen LogP contribution is -2.27. The van der Waals surface area contributed by atoms with Crippen molar-refractivity contribution in [2.75, 3.05) is 25.6 Å². The van der Waals surface area contributed by atoms with Crippen LogP contribution in [0.25, 0.3) is 0 Å². The Bertz CT molecular complexity index is 891. The number of nitrogens with two attached hydrogens (primary N) is 1. The molecule has 2 rings (SSSR count). The summed E-state index contributed by atoms with van der Waals surface area (Å²) in [5.41, 5.74) is 6.59. The predicted octanol–water partition coefficient (Wildman–Crippen LogP) is 0.766. The summed E-state index contributed by atoms with van der Waals surface area (Å²) >= 11 is 5.74. The number of sulfonamides is 1. The lowest BCUT2D eigenvalue weighted by molar-refractivity contribution is 0.102. The largest absolute Gasteiger partial charge is 0.383 e. The minimum Gasteiger partial charge on any atom is -0.383 e. The molecule has 140 valence electrons. The number of amides is 1. The van der Waals surface area contributed by atoms with Crippen LogP contribution in [0.2, 0.25) is 5.15 Å². The number of hydrogen-bond donors (Lipinski definition) is 3. The summed E-state index contributed by atoms with van der Waals surface area (Å²) in [6, 6.07) is 5.56. The van der Waals surface area contributed by atoms with Gasteiger partial charge < -0.3 is 15.8 Å². The third kappa shape index (κ3) is 5.19. The predicted molar refractivity (Wildman–Crippen MR) is 96.4 cm³/mol. The zero-order valence-electron chi connectivity index (χ0n) is 13.9. The molecule has 0 saturated carbocycles. The van der Waals surface area contributed by atoms with Crippen LogP contribution in [0.1, 0.15) is 16.1 Å². The highest BCUT2D eigenvalue weighted by molar-refractivity contribution is 7.89. The van der Waals surface area contributed by atoms with Gasteiger partial charge in [-0.3, -0.25) is 4.79 Å². The smallest absolute Gasteiger partial charge is 0.274 e. The molecule has 1 amide bonds. The first-order valence-corrected chi connectivity index (χ1v) is 9.34.